The summed E-state index contributed by atoms with van der Waals surface area (Å²) in [6.07, 6.45) is 1.80. The highest BCUT2D eigenvalue weighted by Crippen LogP contribution is 2.23. The highest BCUT2D eigenvalue weighted by atomic mass is 35.5. The Morgan fingerprint density at radius 3 is 2.44 bits per heavy atom. The Labute approximate surface area is 167 Å². The third-order valence-electron chi connectivity index (χ3n) is 3.45. The Kier molecular flexibility index (Phi) is 7.70. The molecule has 0 spiro atoms. The van der Waals surface area contributed by atoms with Gasteiger partial charge in [-0.1, -0.05) is 29.3 Å². The maximum absolute atomic E-state index is 12.1. The molecule has 27 heavy (non-hydrogen) atoms. The van der Waals surface area contributed by atoms with Crippen LogP contribution in [-0.4, -0.2) is 24.6 Å². The van der Waals surface area contributed by atoms with Crippen LogP contribution in [0.5, 0.6) is 5.75 Å². The summed E-state index contributed by atoms with van der Waals surface area (Å²) in [5, 5.41) is 3.49. The zero-order valence-corrected chi connectivity index (χ0v) is 16.4. The summed E-state index contributed by atoms with van der Waals surface area (Å²) in [5.74, 6) is -0.367. The van der Waals surface area contributed by atoms with Gasteiger partial charge in [0.15, 0.2) is 6.10 Å². The quantitative estimate of drug-likeness (QED) is 0.519. The molecule has 7 heteroatoms. The summed E-state index contributed by atoms with van der Waals surface area (Å²) in [4.78, 5) is 24.0. The van der Waals surface area contributed by atoms with E-state index in [9.17, 15) is 9.59 Å². The van der Waals surface area contributed by atoms with Crippen LogP contribution < -0.4 is 10.1 Å². The molecule has 0 bridgehead atoms. The van der Waals surface area contributed by atoms with Gasteiger partial charge in [-0.15, -0.1) is 0 Å². The van der Waals surface area contributed by atoms with E-state index in [4.69, 9.17) is 32.7 Å². The molecule has 1 amide bonds. The molecule has 0 heterocycles. The zero-order chi connectivity index (χ0) is 19.8. The summed E-state index contributed by atoms with van der Waals surface area (Å²) < 4.78 is 10.4. The lowest BCUT2D eigenvalue weighted by Gasteiger charge is -2.12. The van der Waals surface area contributed by atoms with E-state index in [2.05, 4.69) is 5.32 Å². The molecule has 2 aromatic rings. The van der Waals surface area contributed by atoms with Crippen LogP contribution in [0.2, 0.25) is 10.0 Å². The van der Waals surface area contributed by atoms with Crippen molar-refractivity contribution in [2.45, 2.75) is 20.0 Å². The van der Waals surface area contributed by atoms with Gasteiger partial charge in [-0.25, -0.2) is 4.79 Å². The fourth-order valence-electron chi connectivity index (χ4n) is 2.09. The number of hydrogen-bond acceptors (Lipinski definition) is 4. The third kappa shape index (κ3) is 6.62. The minimum atomic E-state index is -0.956. The predicted octanol–water partition coefficient (Wildman–Crippen LogP) is 4.98. The highest BCUT2D eigenvalue weighted by Gasteiger charge is 2.16. The van der Waals surface area contributed by atoms with Crippen LogP contribution >= 0.6 is 23.2 Å². The Morgan fingerprint density at radius 2 is 1.81 bits per heavy atom. The number of hydrogen-bond donors (Lipinski definition) is 1. The van der Waals surface area contributed by atoms with Gasteiger partial charge >= 0.3 is 5.97 Å². The van der Waals surface area contributed by atoms with E-state index in [1.807, 2.05) is 6.92 Å². The van der Waals surface area contributed by atoms with E-state index in [0.717, 1.165) is 0 Å². The maximum Gasteiger partial charge on any atom is 0.331 e. The third-order valence-corrected chi connectivity index (χ3v) is 4.19. The van der Waals surface area contributed by atoms with Gasteiger partial charge in [0.2, 0.25) is 0 Å². The van der Waals surface area contributed by atoms with Gasteiger partial charge in [0.1, 0.15) is 5.75 Å². The maximum atomic E-state index is 12.1. The topological polar surface area (TPSA) is 64.6 Å². The summed E-state index contributed by atoms with van der Waals surface area (Å²) in [6, 6.07) is 11.9. The van der Waals surface area contributed by atoms with E-state index < -0.39 is 18.0 Å². The largest absolute Gasteiger partial charge is 0.494 e. The molecular formula is C20H19Cl2NO4. The van der Waals surface area contributed by atoms with Crippen LogP contribution in [0.15, 0.2) is 48.5 Å². The second-order valence-electron chi connectivity index (χ2n) is 5.53. The van der Waals surface area contributed by atoms with Crippen LogP contribution in [0.3, 0.4) is 0 Å². The number of amides is 1. The van der Waals surface area contributed by atoms with E-state index >= 15 is 0 Å². The minimum absolute atomic E-state index is 0.385. The molecule has 0 saturated heterocycles. The second kappa shape index (κ2) is 10.00. The Bertz CT molecular complexity index is 834. The number of carbonyl (C=O) groups excluding carboxylic acids is 2. The number of benzene rings is 2. The Morgan fingerprint density at radius 1 is 1.11 bits per heavy atom. The molecule has 142 valence electrons. The first-order valence-corrected chi connectivity index (χ1v) is 9.02. The number of anilines is 1. The molecule has 0 aliphatic carbocycles. The lowest BCUT2D eigenvalue weighted by atomic mass is 10.2. The first-order valence-electron chi connectivity index (χ1n) is 8.26. The van der Waals surface area contributed by atoms with E-state index in [-0.39, 0.29) is 0 Å². The standard InChI is InChI=1S/C20H19Cl2NO4/c1-3-26-16-8-6-15(7-9-16)23-20(25)13(2)27-19(24)11-5-14-4-10-17(21)18(22)12-14/h4-13H,3H2,1-2H3,(H,23,25)/b11-5+/t13-/m0/s1. The smallest absolute Gasteiger partial charge is 0.331 e. The SMILES string of the molecule is CCOc1ccc(NC(=O)[C@H](C)OC(=O)/C=C/c2ccc(Cl)c(Cl)c2)cc1. The van der Waals surface area contributed by atoms with Crippen molar-refractivity contribution in [1.82, 2.24) is 0 Å². The normalized spacial score (nSPS) is 11.9. The zero-order valence-electron chi connectivity index (χ0n) is 14.9. The molecule has 0 aliphatic heterocycles. The Hall–Kier alpha value is -2.50. The van der Waals surface area contributed by atoms with Crippen molar-refractivity contribution in [1.29, 1.82) is 0 Å². The summed E-state index contributed by atoms with van der Waals surface area (Å²) >= 11 is 11.8. The van der Waals surface area contributed by atoms with Crippen molar-refractivity contribution in [2.24, 2.45) is 0 Å². The molecule has 2 aromatic carbocycles. The lowest BCUT2D eigenvalue weighted by molar-refractivity contribution is -0.148. The van der Waals surface area contributed by atoms with Gasteiger partial charge in [-0.3, -0.25) is 4.79 Å². The second-order valence-corrected chi connectivity index (χ2v) is 6.35. The average Bonchev–Trinajstić information content (AvgIpc) is 2.64. The van der Waals surface area contributed by atoms with Crippen molar-refractivity contribution >= 4 is 46.8 Å². The van der Waals surface area contributed by atoms with Crippen molar-refractivity contribution in [3.05, 3.63) is 64.1 Å². The van der Waals surface area contributed by atoms with E-state index in [1.54, 1.807) is 42.5 Å². The van der Waals surface area contributed by atoms with Crippen LogP contribution in [-0.2, 0) is 14.3 Å². The lowest BCUT2D eigenvalue weighted by Crippen LogP contribution is -2.29. The average molecular weight is 408 g/mol. The molecule has 0 aromatic heterocycles. The van der Waals surface area contributed by atoms with Crippen LogP contribution in [0, 0.1) is 0 Å². The fourth-order valence-corrected chi connectivity index (χ4v) is 2.40. The molecule has 1 N–H and O–H groups in total. The molecule has 1 atom stereocenters. The monoisotopic (exact) mass is 407 g/mol. The Balaban J connectivity index is 1.88. The van der Waals surface area contributed by atoms with E-state index in [1.165, 1.54) is 19.1 Å². The van der Waals surface area contributed by atoms with Gasteiger partial charge in [-0.05, 0) is 61.9 Å². The molecule has 5 nitrogen and oxygen atoms in total. The first kappa shape index (κ1) is 20.8. The number of halogens is 2. The molecule has 0 fully saturated rings. The number of nitrogens with one attached hydrogen (secondary N) is 1. The molecule has 0 unspecified atom stereocenters. The number of ether oxygens (including phenoxy) is 2. The minimum Gasteiger partial charge on any atom is -0.494 e. The number of rotatable bonds is 7. The van der Waals surface area contributed by atoms with Crippen molar-refractivity contribution < 1.29 is 19.1 Å². The predicted molar refractivity (Wildman–Crippen MR) is 107 cm³/mol. The van der Waals surface area contributed by atoms with Crippen molar-refractivity contribution in [2.75, 3.05) is 11.9 Å². The molecule has 0 saturated carbocycles. The van der Waals surface area contributed by atoms with Crippen molar-refractivity contribution in [3.63, 3.8) is 0 Å². The van der Waals surface area contributed by atoms with Gasteiger partial charge in [0.05, 0.1) is 16.7 Å². The van der Waals surface area contributed by atoms with E-state index in [0.29, 0.717) is 33.7 Å². The van der Waals surface area contributed by atoms with Gasteiger partial charge < -0.3 is 14.8 Å². The molecular weight excluding hydrogens is 389 g/mol. The van der Waals surface area contributed by atoms with Gasteiger partial charge in [0, 0.05) is 11.8 Å². The van der Waals surface area contributed by atoms with Crippen LogP contribution in [0.25, 0.3) is 6.08 Å². The highest BCUT2D eigenvalue weighted by molar-refractivity contribution is 6.42. The number of carbonyl (C=O) groups is 2. The summed E-state index contributed by atoms with van der Waals surface area (Å²) in [5.41, 5.74) is 1.27. The summed E-state index contributed by atoms with van der Waals surface area (Å²) in [7, 11) is 0. The molecule has 0 aliphatic rings. The van der Waals surface area contributed by atoms with Crippen LogP contribution in [0.1, 0.15) is 19.4 Å². The fraction of sp³-hybridized carbons (Fsp3) is 0.200. The molecule has 0 radical (unpaired) electrons. The summed E-state index contributed by atoms with van der Waals surface area (Å²) in [6.45, 7) is 3.95. The molecule has 2 rings (SSSR count). The van der Waals surface area contributed by atoms with Gasteiger partial charge in [-0.2, -0.15) is 0 Å². The first-order chi connectivity index (χ1) is 12.9. The van der Waals surface area contributed by atoms with Gasteiger partial charge in [0.25, 0.3) is 5.91 Å². The van der Waals surface area contributed by atoms with Crippen molar-refractivity contribution in [3.8, 4) is 5.75 Å². The number of esters is 1. The van der Waals surface area contributed by atoms with Crippen LogP contribution in [0.4, 0.5) is 5.69 Å².